The van der Waals surface area contributed by atoms with Crippen LogP contribution in [0, 0.1) is 0 Å². The number of H-pyrrole nitrogens is 1. The summed E-state index contributed by atoms with van der Waals surface area (Å²) in [5.41, 5.74) is -0.300. The molecule has 7 nitrogen and oxygen atoms in total. The molecular weight excluding hydrogens is 346 g/mol. The van der Waals surface area contributed by atoms with E-state index in [1.807, 2.05) is 0 Å². The van der Waals surface area contributed by atoms with E-state index in [2.05, 4.69) is 11.9 Å². The van der Waals surface area contributed by atoms with Crippen molar-refractivity contribution < 1.29 is 23.2 Å². The van der Waals surface area contributed by atoms with Crippen LogP contribution in [0.25, 0.3) is 10.9 Å². The molecule has 0 aliphatic carbocycles. The van der Waals surface area contributed by atoms with Crippen LogP contribution < -0.4 is 5.56 Å². The molecule has 140 valence electrons. The van der Waals surface area contributed by atoms with E-state index in [9.17, 15) is 13.2 Å². The van der Waals surface area contributed by atoms with Gasteiger partial charge < -0.3 is 15.2 Å². The number of hydrogen-bond donors (Lipinski definition) is 4. The van der Waals surface area contributed by atoms with Gasteiger partial charge in [0.05, 0.1) is 12.2 Å². The number of fused-ring (bicyclic) bond motifs is 1. The second-order valence-corrected chi connectivity index (χ2v) is 7.22. The summed E-state index contributed by atoms with van der Waals surface area (Å²) in [4.78, 5) is 13.0. The zero-order chi connectivity index (χ0) is 19.0. The van der Waals surface area contributed by atoms with Gasteiger partial charge in [-0.05, 0) is 30.9 Å². The summed E-state index contributed by atoms with van der Waals surface area (Å²) in [6, 6.07) is 7.84. The Kier molecular flexibility index (Phi) is 8.24. The van der Waals surface area contributed by atoms with Crippen LogP contribution in [0.1, 0.15) is 39.5 Å². The fraction of sp³-hybridized carbons (Fsp3) is 0.471. The molecule has 2 rings (SSSR count). The molecule has 0 fully saturated rings. The SMILES string of the molecule is CCCCCC(O)C(C)O.O=c1[nH]c2ccccc2cc1S(=O)(=O)O. The largest absolute Gasteiger partial charge is 0.391 e. The molecule has 0 saturated carbocycles. The molecule has 1 heterocycles. The molecule has 0 radical (unpaired) electrons. The third-order valence-corrected chi connectivity index (χ3v) is 4.52. The molecular formula is C17H25NO6S. The highest BCUT2D eigenvalue weighted by Gasteiger charge is 2.15. The molecule has 1 aromatic heterocycles. The summed E-state index contributed by atoms with van der Waals surface area (Å²) in [7, 11) is -4.47. The van der Waals surface area contributed by atoms with E-state index in [4.69, 9.17) is 14.8 Å². The quantitative estimate of drug-likeness (QED) is 0.455. The Morgan fingerprint density at radius 3 is 2.36 bits per heavy atom. The average Bonchev–Trinajstić information content (AvgIpc) is 2.53. The van der Waals surface area contributed by atoms with Crippen LogP contribution >= 0.6 is 0 Å². The summed E-state index contributed by atoms with van der Waals surface area (Å²) < 4.78 is 30.4. The fourth-order valence-electron chi connectivity index (χ4n) is 2.16. The number of nitrogens with one attached hydrogen (secondary N) is 1. The van der Waals surface area contributed by atoms with E-state index in [1.165, 1.54) is 0 Å². The van der Waals surface area contributed by atoms with Gasteiger partial charge >= 0.3 is 0 Å². The number of pyridine rings is 1. The van der Waals surface area contributed by atoms with Crippen LogP contribution in [0.15, 0.2) is 40.0 Å². The normalized spacial score (nSPS) is 13.8. The number of rotatable bonds is 6. The molecule has 1 aromatic carbocycles. The maximum atomic E-state index is 11.3. The Morgan fingerprint density at radius 1 is 1.16 bits per heavy atom. The first kappa shape index (κ1) is 21.3. The van der Waals surface area contributed by atoms with Crippen molar-refractivity contribution in [3.8, 4) is 0 Å². The van der Waals surface area contributed by atoms with Crippen molar-refractivity contribution in [3.05, 3.63) is 40.7 Å². The van der Waals surface area contributed by atoms with Crippen molar-refractivity contribution in [1.29, 1.82) is 0 Å². The molecule has 0 saturated heterocycles. The van der Waals surface area contributed by atoms with Crippen molar-refractivity contribution >= 4 is 21.0 Å². The van der Waals surface area contributed by atoms with Crippen LogP contribution in [0.2, 0.25) is 0 Å². The van der Waals surface area contributed by atoms with Gasteiger partial charge in [-0.1, -0.05) is 44.4 Å². The zero-order valence-corrected chi connectivity index (χ0v) is 15.2. The highest BCUT2D eigenvalue weighted by atomic mass is 32.2. The Bertz CT molecular complexity index is 828. The summed E-state index contributed by atoms with van der Waals surface area (Å²) in [5, 5.41) is 18.5. The molecule has 0 aliphatic rings. The molecule has 25 heavy (non-hydrogen) atoms. The van der Waals surface area contributed by atoms with Gasteiger partial charge in [-0.15, -0.1) is 0 Å². The summed E-state index contributed by atoms with van der Waals surface area (Å²) in [5.74, 6) is 0. The molecule has 0 bridgehead atoms. The number of aliphatic hydroxyl groups is 2. The average molecular weight is 371 g/mol. The van der Waals surface area contributed by atoms with Crippen molar-refractivity contribution in [1.82, 2.24) is 4.98 Å². The van der Waals surface area contributed by atoms with Crippen molar-refractivity contribution in [2.24, 2.45) is 0 Å². The second-order valence-electron chi connectivity index (χ2n) is 5.83. The molecule has 2 atom stereocenters. The third kappa shape index (κ3) is 6.95. The molecule has 8 heteroatoms. The van der Waals surface area contributed by atoms with E-state index in [-0.39, 0.29) is 0 Å². The van der Waals surface area contributed by atoms with Crippen LogP contribution in [0.5, 0.6) is 0 Å². The Hall–Kier alpha value is -1.74. The molecule has 0 amide bonds. The smallest absolute Gasteiger partial charge is 0.300 e. The van der Waals surface area contributed by atoms with Crippen LogP contribution in [0.4, 0.5) is 0 Å². The highest BCUT2D eigenvalue weighted by Crippen LogP contribution is 2.12. The first-order chi connectivity index (χ1) is 11.7. The lowest BCUT2D eigenvalue weighted by Gasteiger charge is -2.12. The molecule has 0 spiro atoms. The summed E-state index contributed by atoms with van der Waals surface area (Å²) in [6.07, 6.45) is 2.95. The Labute approximate surface area is 147 Å². The Morgan fingerprint density at radius 2 is 1.80 bits per heavy atom. The lowest BCUT2D eigenvalue weighted by molar-refractivity contribution is 0.0247. The topological polar surface area (TPSA) is 128 Å². The van der Waals surface area contributed by atoms with Gasteiger partial charge in [-0.3, -0.25) is 9.35 Å². The van der Waals surface area contributed by atoms with Crippen LogP contribution in [-0.2, 0) is 10.1 Å². The second kappa shape index (κ2) is 9.67. The third-order valence-electron chi connectivity index (χ3n) is 3.66. The minimum atomic E-state index is -4.47. The number of aromatic nitrogens is 1. The summed E-state index contributed by atoms with van der Waals surface area (Å²) >= 11 is 0. The van der Waals surface area contributed by atoms with E-state index >= 15 is 0 Å². The lowest BCUT2D eigenvalue weighted by atomic mass is 10.1. The standard InChI is InChI=1S/C9H7NO4S.C8H18O2/c11-9-8(15(12,13)14)5-6-3-1-2-4-7(6)10-9;1-3-4-5-6-8(10)7(2)9/h1-5H,(H,10,11)(H,12,13,14);7-10H,3-6H2,1-2H3. The van der Waals surface area contributed by atoms with Gasteiger partial charge in [-0.25, -0.2) is 0 Å². The molecule has 2 unspecified atom stereocenters. The lowest BCUT2D eigenvalue weighted by Crippen LogP contribution is -2.21. The number of aromatic amines is 1. The number of hydrogen-bond acceptors (Lipinski definition) is 5. The van der Waals surface area contributed by atoms with Gasteiger partial charge in [0.1, 0.15) is 0 Å². The highest BCUT2D eigenvalue weighted by molar-refractivity contribution is 7.85. The minimum Gasteiger partial charge on any atom is -0.391 e. The van der Waals surface area contributed by atoms with Crippen LogP contribution in [0.3, 0.4) is 0 Å². The van der Waals surface area contributed by atoms with Gasteiger partial charge in [0.15, 0.2) is 4.90 Å². The van der Waals surface area contributed by atoms with Crippen LogP contribution in [-0.4, -0.2) is 40.4 Å². The van der Waals surface area contributed by atoms with E-state index in [0.717, 1.165) is 31.7 Å². The number of para-hydroxylation sites is 1. The van der Waals surface area contributed by atoms with Gasteiger partial charge in [0.2, 0.25) is 0 Å². The Balaban J connectivity index is 0.000000275. The number of unbranched alkanes of at least 4 members (excludes halogenated alkanes) is 2. The fourth-order valence-corrected chi connectivity index (χ4v) is 2.72. The number of benzene rings is 1. The van der Waals surface area contributed by atoms with Gasteiger partial charge in [-0.2, -0.15) is 8.42 Å². The van der Waals surface area contributed by atoms with E-state index in [0.29, 0.717) is 10.9 Å². The minimum absolute atomic E-state index is 0.522. The predicted octanol–water partition coefficient (Wildman–Crippen LogP) is 2.08. The maximum Gasteiger partial charge on any atom is 0.300 e. The van der Waals surface area contributed by atoms with Gasteiger partial charge in [0, 0.05) is 5.52 Å². The first-order valence-corrected chi connectivity index (χ1v) is 9.56. The van der Waals surface area contributed by atoms with Crippen molar-refractivity contribution in [3.63, 3.8) is 0 Å². The molecule has 4 N–H and O–H groups in total. The zero-order valence-electron chi connectivity index (χ0n) is 14.3. The predicted molar refractivity (Wildman–Crippen MR) is 96.2 cm³/mol. The van der Waals surface area contributed by atoms with E-state index in [1.54, 1.807) is 31.2 Å². The monoisotopic (exact) mass is 371 g/mol. The first-order valence-electron chi connectivity index (χ1n) is 8.12. The number of aliphatic hydroxyl groups excluding tert-OH is 2. The van der Waals surface area contributed by atoms with E-state index < -0.39 is 32.8 Å². The van der Waals surface area contributed by atoms with Crippen molar-refractivity contribution in [2.75, 3.05) is 0 Å². The maximum absolute atomic E-state index is 11.3. The molecule has 0 aliphatic heterocycles. The van der Waals surface area contributed by atoms with Gasteiger partial charge in [0.25, 0.3) is 15.7 Å². The molecule has 2 aromatic rings. The van der Waals surface area contributed by atoms with Crippen molar-refractivity contribution in [2.45, 2.75) is 56.6 Å². The summed E-state index contributed by atoms with van der Waals surface area (Å²) in [6.45, 7) is 3.74.